The number of nitrogens with zero attached hydrogens (tertiary/aromatic N) is 2. The zero-order valence-corrected chi connectivity index (χ0v) is 8.52. The van der Waals surface area contributed by atoms with Crippen molar-refractivity contribution in [2.75, 3.05) is 0 Å². The molecule has 2 nitrogen and oxygen atoms in total. The first-order valence-corrected chi connectivity index (χ1v) is 5.39. The van der Waals surface area contributed by atoms with Crippen LogP contribution in [0.4, 0.5) is 0 Å². The number of hydrogen-bond acceptors (Lipinski definition) is 2. The van der Waals surface area contributed by atoms with Crippen molar-refractivity contribution in [2.24, 2.45) is 0 Å². The van der Waals surface area contributed by atoms with Crippen LogP contribution in [0.2, 0.25) is 0 Å². The number of aromatic nitrogens is 2. The lowest BCUT2D eigenvalue weighted by Crippen LogP contribution is -2.23. The molecule has 0 saturated carbocycles. The Balaban J connectivity index is 1.96. The molecule has 0 saturated heterocycles. The Bertz CT molecular complexity index is 336. The maximum atomic E-state index is 4.26. The van der Waals surface area contributed by atoms with Crippen LogP contribution in [0.15, 0.2) is 55.0 Å². The predicted molar refractivity (Wildman–Crippen MR) is 57.6 cm³/mol. The Morgan fingerprint density at radius 3 is 2.64 bits per heavy atom. The lowest BCUT2D eigenvalue weighted by Gasteiger charge is -1.94. The van der Waals surface area contributed by atoms with Gasteiger partial charge in [-0.25, -0.2) is 0 Å². The molecule has 0 N–H and O–H groups in total. The van der Waals surface area contributed by atoms with Crippen molar-refractivity contribution < 1.29 is 3.97 Å². The zero-order chi connectivity index (χ0) is 9.64. The highest BCUT2D eigenvalue weighted by molar-refractivity contribution is 7.92. The van der Waals surface area contributed by atoms with Gasteiger partial charge in [0.15, 0.2) is 24.3 Å². The van der Waals surface area contributed by atoms with Gasteiger partial charge in [-0.15, -0.1) is 3.97 Å². The quantitative estimate of drug-likeness (QED) is 0.710. The molecule has 2 aromatic rings. The highest BCUT2D eigenvalue weighted by Crippen LogP contribution is 2.04. The third-order valence-electron chi connectivity index (χ3n) is 1.78. The summed E-state index contributed by atoms with van der Waals surface area (Å²) in [6, 6.07) is 12.0. The van der Waals surface area contributed by atoms with E-state index in [1.54, 1.807) is 11.9 Å². The summed E-state index contributed by atoms with van der Waals surface area (Å²) in [6.45, 7) is 0. The smallest absolute Gasteiger partial charge is 0.183 e. The summed E-state index contributed by atoms with van der Waals surface area (Å²) in [7, 11) is 0. The Kier molecular flexibility index (Phi) is 3.14. The minimum Gasteiger partial charge on any atom is -0.260 e. The second kappa shape index (κ2) is 4.77. The van der Waals surface area contributed by atoms with Crippen LogP contribution in [0.25, 0.3) is 0 Å². The molecule has 0 aliphatic rings. The molecule has 2 heterocycles. The molecule has 70 valence electrons. The lowest BCUT2D eigenvalue weighted by atomic mass is 10.4. The highest BCUT2D eigenvalue weighted by atomic mass is 32.2. The Morgan fingerprint density at radius 2 is 1.93 bits per heavy atom. The Labute approximate surface area is 87.8 Å². The molecule has 0 aliphatic carbocycles. The SMILES string of the molecule is c1cc[n+](SCc2ccccn2)cc1. The minimum atomic E-state index is 0.898. The van der Waals surface area contributed by atoms with Gasteiger partial charge in [-0.1, -0.05) is 12.1 Å². The maximum Gasteiger partial charge on any atom is 0.183 e. The van der Waals surface area contributed by atoms with E-state index in [0.29, 0.717) is 0 Å². The van der Waals surface area contributed by atoms with Gasteiger partial charge >= 0.3 is 0 Å². The van der Waals surface area contributed by atoms with Gasteiger partial charge in [-0.2, -0.15) is 0 Å². The Hall–Kier alpha value is -1.35. The third-order valence-corrected chi connectivity index (χ3v) is 2.74. The fraction of sp³-hybridized carbons (Fsp3) is 0.0909. The van der Waals surface area contributed by atoms with Crippen molar-refractivity contribution in [3.63, 3.8) is 0 Å². The molecule has 0 aromatic carbocycles. The van der Waals surface area contributed by atoms with Crippen molar-refractivity contribution in [1.29, 1.82) is 0 Å². The van der Waals surface area contributed by atoms with Gasteiger partial charge in [0.1, 0.15) is 5.75 Å². The van der Waals surface area contributed by atoms with E-state index in [1.165, 1.54) is 0 Å². The fourth-order valence-corrected chi connectivity index (χ4v) is 1.86. The summed E-state index contributed by atoms with van der Waals surface area (Å²) >= 11 is 1.73. The molecule has 2 rings (SSSR count). The summed E-state index contributed by atoms with van der Waals surface area (Å²) in [6.07, 6.45) is 5.90. The van der Waals surface area contributed by atoms with Crippen LogP contribution >= 0.6 is 11.9 Å². The maximum absolute atomic E-state index is 4.26. The average Bonchev–Trinajstić information content (AvgIpc) is 2.29. The fourth-order valence-electron chi connectivity index (χ4n) is 1.09. The summed E-state index contributed by atoms with van der Waals surface area (Å²) in [5, 5.41) is 0. The van der Waals surface area contributed by atoms with E-state index in [9.17, 15) is 0 Å². The van der Waals surface area contributed by atoms with Crippen molar-refractivity contribution in [3.05, 3.63) is 60.7 Å². The van der Waals surface area contributed by atoms with Crippen molar-refractivity contribution in [3.8, 4) is 0 Å². The number of pyridine rings is 2. The number of hydrogen-bond donors (Lipinski definition) is 0. The van der Waals surface area contributed by atoms with E-state index >= 15 is 0 Å². The van der Waals surface area contributed by atoms with Crippen LogP contribution in [0, 0.1) is 0 Å². The van der Waals surface area contributed by atoms with Crippen molar-refractivity contribution in [1.82, 2.24) is 4.98 Å². The molecule has 0 radical (unpaired) electrons. The van der Waals surface area contributed by atoms with E-state index in [0.717, 1.165) is 11.4 Å². The van der Waals surface area contributed by atoms with E-state index in [2.05, 4.69) is 8.96 Å². The molecule has 14 heavy (non-hydrogen) atoms. The van der Waals surface area contributed by atoms with Crippen LogP contribution < -0.4 is 3.97 Å². The first-order valence-electron chi connectivity index (χ1n) is 4.45. The van der Waals surface area contributed by atoms with Gasteiger partial charge in [0.05, 0.1) is 5.69 Å². The molecule has 0 aliphatic heterocycles. The Morgan fingerprint density at radius 1 is 1.07 bits per heavy atom. The summed E-state index contributed by atoms with van der Waals surface area (Å²) in [4.78, 5) is 4.26. The highest BCUT2D eigenvalue weighted by Gasteiger charge is 2.02. The lowest BCUT2D eigenvalue weighted by molar-refractivity contribution is -0.494. The third kappa shape index (κ3) is 2.57. The second-order valence-corrected chi connectivity index (χ2v) is 3.80. The van der Waals surface area contributed by atoms with Gasteiger partial charge in [-0.3, -0.25) is 4.98 Å². The predicted octanol–water partition coefficient (Wildman–Crippen LogP) is 2.07. The van der Waals surface area contributed by atoms with Crippen LogP contribution in [0.1, 0.15) is 5.69 Å². The van der Waals surface area contributed by atoms with Crippen LogP contribution in [-0.2, 0) is 5.75 Å². The van der Waals surface area contributed by atoms with Gasteiger partial charge < -0.3 is 0 Å². The molecular weight excluding hydrogens is 192 g/mol. The molecular formula is C11H11N2S+. The van der Waals surface area contributed by atoms with Crippen molar-refractivity contribution >= 4 is 11.9 Å². The van der Waals surface area contributed by atoms with E-state index < -0.39 is 0 Å². The normalized spacial score (nSPS) is 10.0. The monoisotopic (exact) mass is 203 g/mol. The van der Waals surface area contributed by atoms with E-state index in [4.69, 9.17) is 0 Å². The van der Waals surface area contributed by atoms with E-state index in [-0.39, 0.29) is 0 Å². The second-order valence-electron chi connectivity index (χ2n) is 2.83. The molecule has 0 spiro atoms. The molecule has 0 bridgehead atoms. The summed E-state index contributed by atoms with van der Waals surface area (Å²) in [5.41, 5.74) is 1.11. The largest absolute Gasteiger partial charge is 0.260 e. The van der Waals surface area contributed by atoms with E-state index in [1.807, 2.05) is 55.0 Å². The molecule has 0 fully saturated rings. The molecule has 3 heteroatoms. The van der Waals surface area contributed by atoms with Gasteiger partial charge in [0.25, 0.3) is 0 Å². The minimum absolute atomic E-state index is 0.898. The standard InChI is InChI=1S/C11H11N2S/c1-4-8-13(9-5-1)14-10-11-6-2-3-7-12-11/h1-9H,10H2/q+1. The molecule has 0 unspecified atom stereocenters. The van der Waals surface area contributed by atoms with Gasteiger partial charge in [0, 0.05) is 18.3 Å². The summed E-state index contributed by atoms with van der Waals surface area (Å²) < 4.78 is 2.08. The van der Waals surface area contributed by atoms with Crippen molar-refractivity contribution in [2.45, 2.75) is 5.75 Å². The summed E-state index contributed by atoms with van der Waals surface area (Å²) in [5.74, 6) is 0.898. The molecule has 0 amide bonds. The topological polar surface area (TPSA) is 16.8 Å². The van der Waals surface area contributed by atoms with Crippen LogP contribution in [-0.4, -0.2) is 4.98 Å². The first-order chi connectivity index (χ1) is 6.95. The van der Waals surface area contributed by atoms with Crippen LogP contribution in [0.3, 0.4) is 0 Å². The first kappa shape index (κ1) is 9.21. The number of rotatable bonds is 3. The van der Waals surface area contributed by atoms with Gasteiger partial charge in [-0.05, 0) is 12.1 Å². The van der Waals surface area contributed by atoms with Gasteiger partial charge in [0.2, 0.25) is 0 Å². The molecule has 0 atom stereocenters. The zero-order valence-electron chi connectivity index (χ0n) is 7.71. The average molecular weight is 203 g/mol. The van der Waals surface area contributed by atoms with Crippen LogP contribution in [0.5, 0.6) is 0 Å². The molecule has 2 aromatic heterocycles.